The zero-order valence-electron chi connectivity index (χ0n) is 18.0. The van der Waals surface area contributed by atoms with Gasteiger partial charge in [0.05, 0.1) is 17.0 Å². The zero-order chi connectivity index (χ0) is 22.2. The van der Waals surface area contributed by atoms with Crippen LogP contribution in [0.25, 0.3) is 28.2 Å². The summed E-state index contributed by atoms with van der Waals surface area (Å²) >= 11 is 0. The van der Waals surface area contributed by atoms with Crippen LogP contribution < -0.4 is 0 Å². The highest BCUT2D eigenvalue weighted by atomic mass is 16.5. The lowest BCUT2D eigenvalue weighted by atomic mass is 9.99. The predicted octanol–water partition coefficient (Wildman–Crippen LogP) is 5.31. The van der Waals surface area contributed by atoms with Gasteiger partial charge in [-0.05, 0) is 27.7 Å². The number of rotatable bonds is 5. The molecule has 2 heterocycles. The number of fused-ring (bicyclic) bond motifs is 1. The molecule has 158 valence electrons. The summed E-state index contributed by atoms with van der Waals surface area (Å²) in [5.74, 6) is -1.06. The Morgan fingerprint density at radius 2 is 1.58 bits per heavy atom. The van der Waals surface area contributed by atoms with E-state index in [0.717, 1.165) is 16.8 Å². The quantitative estimate of drug-likeness (QED) is 0.478. The standard InChI is InChI=1S/C25H25N3O3/c1-16-21(23(24(29)30)31-25(2,3)4)22(18-13-9-6-10-14-18)28-20(26-16)15-19(27-28)17-11-7-5-8-12-17/h5-15,23H,1-4H3,(H,29,30). The summed E-state index contributed by atoms with van der Waals surface area (Å²) in [6, 6.07) is 21.4. The molecule has 0 spiro atoms. The first-order valence-corrected chi connectivity index (χ1v) is 10.2. The number of aliphatic carboxylic acids is 1. The van der Waals surface area contributed by atoms with Crippen LogP contribution in [0, 0.1) is 6.92 Å². The van der Waals surface area contributed by atoms with Crippen molar-refractivity contribution >= 4 is 11.6 Å². The second-order valence-electron chi connectivity index (χ2n) is 8.44. The first-order valence-electron chi connectivity index (χ1n) is 10.2. The fourth-order valence-corrected chi connectivity index (χ4v) is 3.66. The smallest absolute Gasteiger partial charge is 0.337 e. The highest BCUT2D eigenvalue weighted by molar-refractivity contribution is 5.80. The van der Waals surface area contributed by atoms with Crippen LogP contribution >= 0.6 is 0 Å². The molecule has 0 amide bonds. The average Bonchev–Trinajstić information content (AvgIpc) is 3.15. The van der Waals surface area contributed by atoms with Gasteiger partial charge in [-0.15, -0.1) is 0 Å². The van der Waals surface area contributed by atoms with Crippen LogP contribution in [0.3, 0.4) is 0 Å². The maximum absolute atomic E-state index is 12.3. The molecular formula is C25H25N3O3. The molecule has 6 nitrogen and oxygen atoms in total. The van der Waals surface area contributed by atoms with E-state index in [-0.39, 0.29) is 0 Å². The number of carbonyl (C=O) groups is 1. The minimum absolute atomic E-state index is 0.504. The highest BCUT2D eigenvalue weighted by Crippen LogP contribution is 2.36. The summed E-state index contributed by atoms with van der Waals surface area (Å²) in [5, 5.41) is 14.9. The summed E-state index contributed by atoms with van der Waals surface area (Å²) < 4.78 is 7.71. The summed E-state index contributed by atoms with van der Waals surface area (Å²) in [4.78, 5) is 17.0. The van der Waals surface area contributed by atoms with Gasteiger partial charge in [0.1, 0.15) is 0 Å². The number of benzene rings is 2. The third-order valence-corrected chi connectivity index (χ3v) is 4.90. The molecule has 4 rings (SSSR count). The third-order valence-electron chi connectivity index (χ3n) is 4.90. The van der Waals surface area contributed by atoms with Crippen LogP contribution in [0.4, 0.5) is 0 Å². The SMILES string of the molecule is Cc1nc2cc(-c3ccccc3)nn2c(-c2ccccc2)c1C(OC(C)(C)C)C(=O)O. The molecule has 0 fully saturated rings. The van der Waals surface area contributed by atoms with Gasteiger partial charge in [0.2, 0.25) is 0 Å². The van der Waals surface area contributed by atoms with E-state index in [1.54, 1.807) is 4.52 Å². The van der Waals surface area contributed by atoms with Crippen LogP contribution in [0.2, 0.25) is 0 Å². The monoisotopic (exact) mass is 415 g/mol. The van der Waals surface area contributed by atoms with Gasteiger partial charge in [0, 0.05) is 28.5 Å². The van der Waals surface area contributed by atoms with E-state index in [0.29, 0.717) is 22.6 Å². The fraction of sp³-hybridized carbons (Fsp3) is 0.240. The number of ether oxygens (including phenoxy) is 1. The summed E-state index contributed by atoms with van der Waals surface area (Å²) in [7, 11) is 0. The molecule has 0 bridgehead atoms. The number of carboxylic acid groups (broad SMARTS) is 1. The summed E-state index contributed by atoms with van der Waals surface area (Å²) in [5.41, 5.74) is 4.35. The van der Waals surface area contributed by atoms with Crippen molar-refractivity contribution in [1.29, 1.82) is 0 Å². The Morgan fingerprint density at radius 1 is 1.00 bits per heavy atom. The van der Waals surface area contributed by atoms with Gasteiger partial charge in [0.25, 0.3) is 0 Å². The number of aromatic nitrogens is 3. The predicted molar refractivity (Wildman–Crippen MR) is 120 cm³/mol. The molecule has 4 aromatic rings. The van der Waals surface area contributed by atoms with Crippen molar-refractivity contribution in [3.8, 4) is 22.5 Å². The van der Waals surface area contributed by atoms with Gasteiger partial charge in [-0.25, -0.2) is 14.3 Å². The number of hydrogen-bond acceptors (Lipinski definition) is 4. The zero-order valence-corrected chi connectivity index (χ0v) is 18.0. The van der Waals surface area contributed by atoms with E-state index in [1.165, 1.54) is 0 Å². The normalized spacial score (nSPS) is 12.8. The number of aryl methyl sites for hydroxylation is 1. The first kappa shape index (κ1) is 20.8. The maximum Gasteiger partial charge on any atom is 0.337 e. The molecule has 1 atom stereocenters. The Labute approximate surface area is 181 Å². The van der Waals surface area contributed by atoms with Gasteiger partial charge >= 0.3 is 5.97 Å². The van der Waals surface area contributed by atoms with Gasteiger partial charge in [-0.1, -0.05) is 60.7 Å². The van der Waals surface area contributed by atoms with E-state index in [4.69, 9.17) is 14.8 Å². The Kier molecular flexibility index (Phi) is 5.33. The van der Waals surface area contributed by atoms with Gasteiger partial charge in [0.15, 0.2) is 11.8 Å². The van der Waals surface area contributed by atoms with E-state index >= 15 is 0 Å². The minimum atomic E-state index is -1.18. The van der Waals surface area contributed by atoms with Crippen LogP contribution in [0.5, 0.6) is 0 Å². The molecule has 0 aliphatic carbocycles. The van der Waals surface area contributed by atoms with E-state index in [2.05, 4.69) is 0 Å². The highest BCUT2D eigenvalue weighted by Gasteiger charge is 2.33. The molecule has 0 aliphatic heterocycles. The summed E-state index contributed by atoms with van der Waals surface area (Å²) in [6.07, 6.45) is -1.18. The molecule has 1 unspecified atom stereocenters. The number of nitrogens with zero attached hydrogens (tertiary/aromatic N) is 3. The number of hydrogen-bond donors (Lipinski definition) is 1. The van der Waals surface area contributed by atoms with E-state index < -0.39 is 17.7 Å². The second-order valence-corrected chi connectivity index (χ2v) is 8.44. The molecular weight excluding hydrogens is 390 g/mol. The van der Waals surface area contributed by atoms with Crippen LogP contribution in [-0.2, 0) is 9.53 Å². The van der Waals surface area contributed by atoms with Crippen molar-refractivity contribution in [3.05, 3.63) is 78.0 Å². The van der Waals surface area contributed by atoms with Crippen LogP contribution in [-0.4, -0.2) is 31.3 Å². The Balaban J connectivity index is 2.03. The van der Waals surface area contributed by atoms with Gasteiger partial charge in [-0.3, -0.25) is 0 Å². The Morgan fingerprint density at radius 3 is 2.13 bits per heavy atom. The van der Waals surface area contributed by atoms with Crippen molar-refractivity contribution in [1.82, 2.24) is 14.6 Å². The summed E-state index contributed by atoms with van der Waals surface area (Å²) in [6.45, 7) is 7.34. The maximum atomic E-state index is 12.3. The van der Waals surface area contributed by atoms with E-state index in [1.807, 2.05) is 94.4 Å². The fourth-order valence-electron chi connectivity index (χ4n) is 3.66. The van der Waals surface area contributed by atoms with Crippen LogP contribution in [0.1, 0.15) is 38.1 Å². The molecule has 31 heavy (non-hydrogen) atoms. The molecule has 6 heteroatoms. The first-order chi connectivity index (χ1) is 14.7. The lowest BCUT2D eigenvalue weighted by molar-refractivity contribution is -0.160. The van der Waals surface area contributed by atoms with Crippen molar-refractivity contribution in [3.63, 3.8) is 0 Å². The average molecular weight is 415 g/mol. The van der Waals surface area contributed by atoms with Crippen molar-refractivity contribution in [2.75, 3.05) is 0 Å². The Bertz CT molecular complexity index is 1230. The minimum Gasteiger partial charge on any atom is -0.479 e. The van der Waals surface area contributed by atoms with Crippen molar-refractivity contribution in [2.45, 2.75) is 39.4 Å². The van der Waals surface area contributed by atoms with Gasteiger partial charge in [-0.2, -0.15) is 5.10 Å². The molecule has 2 aromatic heterocycles. The van der Waals surface area contributed by atoms with Crippen molar-refractivity contribution in [2.24, 2.45) is 0 Å². The third kappa shape index (κ3) is 4.20. The van der Waals surface area contributed by atoms with Crippen molar-refractivity contribution < 1.29 is 14.6 Å². The Hall–Kier alpha value is -3.51. The van der Waals surface area contributed by atoms with Gasteiger partial charge < -0.3 is 9.84 Å². The molecule has 2 aromatic carbocycles. The lowest BCUT2D eigenvalue weighted by Crippen LogP contribution is -2.29. The molecule has 0 saturated heterocycles. The largest absolute Gasteiger partial charge is 0.479 e. The van der Waals surface area contributed by atoms with E-state index in [9.17, 15) is 9.90 Å². The lowest BCUT2D eigenvalue weighted by Gasteiger charge is -2.27. The number of carboxylic acids is 1. The molecule has 0 saturated carbocycles. The topological polar surface area (TPSA) is 76.7 Å². The van der Waals surface area contributed by atoms with Crippen LogP contribution in [0.15, 0.2) is 66.7 Å². The molecule has 0 radical (unpaired) electrons. The molecule has 0 aliphatic rings. The second kappa shape index (κ2) is 7.96. The molecule has 1 N–H and O–H groups in total.